The van der Waals surface area contributed by atoms with E-state index in [1.807, 2.05) is 4.57 Å². The van der Waals surface area contributed by atoms with Gasteiger partial charge in [-0.05, 0) is 17.4 Å². The lowest BCUT2D eigenvalue weighted by atomic mass is 9.93. The topological polar surface area (TPSA) is 101 Å². The second-order valence-corrected chi connectivity index (χ2v) is 5.56. The largest absolute Gasteiger partial charge is 0.392 e. The van der Waals surface area contributed by atoms with Gasteiger partial charge < -0.3 is 15.4 Å². The van der Waals surface area contributed by atoms with Crippen molar-refractivity contribution in [1.29, 1.82) is 5.26 Å². The maximum Gasteiger partial charge on any atom is 0.147 e. The van der Waals surface area contributed by atoms with Crippen LogP contribution in [0.25, 0.3) is 11.0 Å². The smallest absolute Gasteiger partial charge is 0.147 e. The van der Waals surface area contributed by atoms with Crippen LogP contribution in [0.1, 0.15) is 25.5 Å². The number of aliphatic hydroxyl groups is 1. The van der Waals surface area contributed by atoms with Gasteiger partial charge in [0.15, 0.2) is 0 Å². The van der Waals surface area contributed by atoms with Gasteiger partial charge in [0.25, 0.3) is 0 Å². The van der Waals surface area contributed by atoms with Crippen LogP contribution in [0.3, 0.4) is 0 Å². The summed E-state index contributed by atoms with van der Waals surface area (Å²) < 4.78 is 1.97. The fourth-order valence-electron chi connectivity index (χ4n) is 3.11. The molecule has 0 bridgehead atoms. The molecule has 0 aliphatic heterocycles. The number of hydrogen-bond acceptors (Lipinski definition) is 5. The van der Waals surface area contributed by atoms with Crippen molar-refractivity contribution in [1.82, 2.24) is 14.5 Å². The minimum absolute atomic E-state index is 0.0565. The Morgan fingerprint density at radius 2 is 2.19 bits per heavy atom. The van der Waals surface area contributed by atoms with Crippen molar-refractivity contribution in [2.45, 2.75) is 19.9 Å². The molecule has 1 aliphatic rings. The van der Waals surface area contributed by atoms with Crippen molar-refractivity contribution in [2.24, 2.45) is 11.8 Å². The molecule has 6 nitrogen and oxygen atoms in total. The van der Waals surface area contributed by atoms with E-state index in [1.165, 1.54) is 6.33 Å². The fourth-order valence-corrected chi connectivity index (χ4v) is 3.11. The number of nitrogen functional groups attached to an aromatic ring is 1. The number of nitrogens with two attached hydrogens (primary N) is 1. The highest BCUT2D eigenvalue weighted by atomic mass is 16.3. The summed E-state index contributed by atoms with van der Waals surface area (Å²) in [6, 6.07) is 2.21. The maximum absolute atomic E-state index is 9.45. The first-order chi connectivity index (χ1) is 10.1. The molecule has 0 amide bonds. The molecule has 1 aliphatic carbocycles. The van der Waals surface area contributed by atoms with Crippen molar-refractivity contribution >= 4 is 16.9 Å². The number of allylic oxidation sites excluding steroid dienone is 1. The molecule has 2 heterocycles. The van der Waals surface area contributed by atoms with Gasteiger partial charge in [0, 0.05) is 6.20 Å². The van der Waals surface area contributed by atoms with Gasteiger partial charge >= 0.3 is 0 Å². The number of fused-ring (bicyclic) bond motifs is 1. The molecule has 3 atom stereocenters. The molecule has 21 heavy (non-hydrogen) atoms. The van der Waals surface area contributed by atoms with Crippen LogP contribution in [-0.2, 0) is 0 Å². The average molecular weight is 283 g/mol. The highest BCUT2D eigenvalue weighted by Gasteiger charge is 2.33. The first-order valence-electron chi connectivity index (χ1n) is 6.91. The van der Waals surface area contributed by atoms with Gasteiger partial charge in [-0.1, -0.05) is 19.9 Å². The molecular weight excluding hydrogens is 266 g/mol. The molecule has 108 valence electrons. The van der Waals surface area contributed by atoms with Crippen LogP contribution in [0, 0.1) is 23.2 Å². The lowest BCUT2D eigenvalue weighted by Crippen LogP contribution is -2.16. The maximum atomic E-state index is 9.45. The van der Waals surface area contributed by atoms with E-state index < -0.39 is 0 Å². The summed E-state index contributed by atoms with van der Waals surface area (Å²) in [6.45, 7) is 4.30. The van der Waals surface area contributed by atoms with Crippen molar-refractivity contribution < 1.29 is 5.11 Å². The van der Waals surface area contributed by atoms with E-state index in [0.29, 0.717) is 34.3 Å². The molecule has 0 radical (unpaired) electrons. The lowest BCUT2D eigenvalue weighted by molar-refractivity contribution is 0.301. The zero-order valence-corrected chi connectivity index (χ0v) is 12.0. The number of rotatable bonds is 2. The summed E-state index contributed by atoms with van der Waals surface area (Å²) in [4.78, 5) is 8.26. The van der Waals surface area contributed by atoms with Gasteiger partial charge in [-0.25, -0.2) is 9.97 Å². The fraction of sp³-hybridized carbons (Fsp3) is 0.400. The standard InChI is InChI=1S/C15H17N5O/c1-8-9(2)12(3-10(8)6-21)20-5-11(4-16)13-14(17)18-7-19-15(13)20/h3,5,7-9,12,21H,6H2,1-2H3,(H2,17,18,19)/t8?,9-,12+/m0/s1. The number of aliphatic hydroxyl groups excluding tert-OH is 1. The number of aromatic nitrogens is 3. The molecule has 6 heteroatoms. The molecule has 3 rings (SSSR count). The van der Waals surface area contributed by atoms with Crippen molar-refractivity contribution in [3.63, 3.8) is 0 Å². The second-order valence-electron chi connectivity index (χ2n) is 5.56. The molecule has 3 N–H and O–H groups in total. The van der Waals surface area contributed by atoms with Crippen LogP contribution in [-0.4, -0.2) is 26.2 Å². The molecule has 2 aromatic rings. The SMILES string of the molecule is CC1C(CO)=C[C@@H](n2cc(C#N)c3c(N)ncnc32)[C@H]1C. The average Bonchev–Trinajstić information content (AvgIpc) is 2.99. The molecule has 0 saturated heterocycles. The number of nitrogens with zero attached hydrogens (tertiary/aromatic N) is 4. The number of nitriles is 1. The van der Waals surface area contributed by atoms with E-state index >= 15 is 0 Å². The summed E-state index contributed by atoms with van der Waals surface area (Å²) in [5, 5.41) is 19.4. The zero-order valence-electron chi connectivity index (χ0n) is 12.0. The molecule has 0 aromatic carbocycles. The Hall–Kier alpha value is -2.39. The van der Waals surface area contributed by atoms with Crippen LogP contribution in [0.4, 0.5) is 5.82 Å². The predicted octanol–water partition coefficient (Wildman–Crippen LogP) is 1.63. The Bertz CT molecular complexity index is 770. The van der Waals surface area contributed by atoms with E-state index in [0.717, 1.165) is 5.57 Å². The van der Waals surface area contributed by atoms with E-state index in [2.05, 4.69) is 36.0 Å². The van der Waals surface area contributed by atoms with Gasteiger partial charge in [-0.2, -0.15) is 5.26 Å². The van der Waals surface area contributed by atoms with Crippen LogP contribution < -0.4 is 5.73 Å². The first-order valence-corrected chi connectivity index (χ1v) is 6.91. The summed E-state index contributed by atoms with van der Waals surface area (Å²) in [5.74, 6) is 0.924. The molecule has 1 unspecified atom stereocenters. The van der Waals surface area contributed by atoms with Gasteiger partial charge in [-0.15, -0.1) is 0 Å². The normalized spacial score (nSPS) is 25.0. The monoisotopic (exact) mass is 283 g/mol. The van der Waals surface area contributed by atoms with Crippen LogP contribution >= 0.6 is 0 Å². The van der Waals surface area contributed by atoms with Crippen molar-refractivity contribution in [3.8, 4) is 6.07 Å². The Labute approximate surface area is 122 Å². The highest BCUT2D eigenvalue weighted by Crippen LogP contribution is 2.41. The zero-order chi connectivity index (χ0) is 15.1. The minimum atomic E-state index is 0.0565. The van der Waals surface area contributed by atoms with Crippen molar-refractivity contribution in [2.75, 3.05) is 12.3 Å². The third-order valence-corrected chi connectivity index (χ3v) is 4.56. The van der Waals surface area contributed by atoms with Gasteiger partial charge in [-0.3, -0.25) is 0 Å². The van der Waals surface area contributed by atoms with E-state index in [9.17, 15) is 10.4 Å². The van der Waals surface area contributed by atoms with Gasteiger partial charge in [0.2, 0.25) is 0 Å². The van der Waals surface area contributed by atoms with Crippen molar-refractivity contribution in [3.05, 3.63) is 29.7 Å². The summed E-state index contributed by atoms with van der Waals surface area (Å²) >= 11 is 0. The third-order valence-electron chi connectivity index (χ3n) is 4.56. The number of anilines is 1. The molecule has 0 spiro atoms. The highest BCUT2D eigenvalue weighted by molar-refractivity contribution is 5.92. The molecular formula is C15H17N5O. The molecule has 0 saturated carbocycles. The van der Waals surface area contributed by atoms with E-state index in [4.69, 9.17) is 5.73 Å². The predicted molar refractivity (Wildman–Crippen MR) is 79.2 cm³/mol. The summed E-state index contributed by atoms with van der Waals surface area (Å²) in [5.41, 5.74) is 8.06. The minimum Gasteiger partial charge on any atom is -0.392 e. The Morgan fingerprint density at radius 1 is 1.43 bits per heavy atom. The van der Waals surface area contributed by atoms with Crippen LogP contribution in [0.5, 0.6) is 0 Å². The van der Waals surface area contributed by atoms with Gasteiger partial charge in [0.1, 0.15) is 23.9 Å². The van der Waals surface area contributed by atoms with Gasteiger partial charge in [0.05, 0.1) is 23.6 Å². The van der Waals surface area contributed by atoms with E-state index in [-0.39, 0.29) is 12.6 Å². The molecule has 2 aromatic heterocycles. The lowest BCUT2D eigenvalue weighted by Gasteiger charge is -2.21. The molecule has 0 fully saturated rings. The summed E-state index contributed by atoms with van der Waals surface area (Å²) in [6.07, 6.45) is 5.25. The van der Waals surface area contributed by atoms with Crippen LogP contribution in [0.15, 0.2) is 24.2 Å². The Kier molecular flexibility index (Phi) is 3.15. The summed E-state index contributed by atoms with van der Waals surface area (Å²) in [7, 11) is 0. The number of hydrogen-bond donors (Lipinski definition) is 2. The third kappa shape index (κ3) is 1.89. The Balaban J connectivity index is 2.21. The Morgan fingerprint density at radius 3 is 2.81 bits per heavy atom. The quantitative estimate of drug-likeness (QED) is 0.816. The second kappa shape index (κ2) is 4.86. The first kappa shape index (κ1) is 13.6. The van der Waals surface area contributed by atoms with Crippen LogP contribution in [0.2, 0.25) is 0 Å². The van der Waals surface area contributed by atoms with E-state index in [1.54, 1.807) is 6.20 Å².